The van der Waals surface area contributed by atoms with Gasteiger partial charge < -0.3 is 14.8 Å². The van der Waals surface area contributed by atoms with Crippen molar-refractivity contribution in [3.63, 3.8) is 0 Å². The van der Waals surface area contributed by atoms with Crippen molar-refractivity contribution in [2.45, 2.75) is 76.9 Å². The number of aliphatic imine (C=N–C) groups is 1. The summed E-state index contributed by atoms with van der Waals surface area (Å²) in [6, 6.07) is 7.29. The van der Waals surface area contributed by atoms with Crippen molar-refractivity contribution >= 4 is 29.5 Å². The largest absolute Gasteiger partial charge is 0.490 e. The van der Waals surface area contributed by atoms with Crippen molar-refractivity contribution in [3.8, 4) is 11.8 Å². The van der Waals surface area contributed by atoms with Crippen LogP contribution in [0.15, 0.2) is 47.1 Å². The molecule has 1 unspecified atom stereocenters. The molecule has 190 valence electrons. The van der Waals surface area contributed by atoms with E-state index in [1.54, 1.807) is 24.4 Å². The Labute approximate surface area is 218 Å². The number of benzene rings is 1. The number of amides is 1. The number of carbonyl (C=O) groups excluding carboxylic acids is 2. The second-order valence-electron chi connectivity index (χ2n) is 10.2. The van der Waals surface area contributed by atoms with Gasteiger partial charge in [-0.2, -0.15) is 5.26 Å². The van der Waals surface area contributed by atoms with Crippen molar-refractivity contribution < 1.29 is 14.3 Å². The fourth-order valence-corrected chi connectivity index (χ4v) is 5.52. The van der Waals surface area contributed by atoms with Gasteiger partial charge in [0.2, 0.25) is 0 Å². The molecule has 6 nitrogen and oxygen atoms in total. The topological polar surface area (TPSA) is 91.5 Å². The van der Waals surface area contributed by atoms with Crippen LogP contribution in [0, 0.1) is 29.1 Å². The molecule has 1 heterocycles. The molecule has 36 heavy (non-hydrogen) atoms. The highest BCUT2D eigenvalue weighted by Gasteiger charge is 2.29. The highest BCUT2D eigenvalue weighted by molar-refractivity contribution is 6.31. The summed E-state index contributed by atoms with van der Waals surface area (Å²) < 4.78 is 6.06. The molecule has 2 fully saturated rings. The van der Waals surface area contributed by atoms with Crippen LogP contribution in [0.4, 0.5) is 0 Å². The molecule has 0 saturated heterocycles. The molecule has 0 bridgehead atoms. The Hall–Kier alpha value is -2.91. The van der Waals surface area contributed by atoms with Crippen molar-refractivity contribution in [1.82, 2.24) is 5.32 Å². The molecule has 1 amide bonds. The van der Waals surface area contributed by atoms with Crippen LogP contribution in [0.25, 0.3) is 0 Å². The van der Waals surface area contributed by atoms with Crippen LogP contribution in [0.3, 0.4) is 0 Å². The summed E-state index contributed by atoms with van der Waals surface area (Å²) in [4.78, 5) is 28.6. The first kappa shape index (κ1) is 26.2. The number of nitrogens with one attached hydrogen (secondary N) is 1. The highest BCUT2D eigenvalue weighted by atomic mass is 35.5. The molecule has 0 spiro atoms. The zero-order valence-corrected chi connectivity index (χ0v) is 21.5. The molecular formula is C29H34ClN3O3. The van der Waals surface area contributed by atoms with Gasteiger partial charge in [0.15, 0.2) is 0 Å². The van der Waals surface area contributed by atoms with E-state index < -0.39 is 0 Å². The van der Waals surface area contributed by atoms with Crippen molar-refractivity contribution in [3.05, 3.63) is 52.7 Å². The van der Waals surface area contributed by atoms with Crippen LogP contribution >= 0.6 is 11.6 Å². The third-order valence-corrected chi connectivity index (χ3v) is 7.97. The lowest BCUT2D eigenvalue weighted by Gasteiger charge is -2.31. The summed E-state index contributed by atoms with van der Waals surface area (Å²) >= 11 is 6.11. The van der Waals surface area contributed by atoms with Crippen LogP contribution in [-0.2, 0) is 9.59 Å². The zero-order chi connectivity index (χ0) is 25.5. The SMILES string of the molecule is CCC1C=CC(C(=O)NC2CCC(Oc3ccc(C#N)c(Cl)c3)CC2)=CN=C1CCC1CC(C=O)C1. The Balaban J connectivity index is 1.26. The number of hydrogen-bond acceptors (Lipinski definition) is 5. The molecule has 1 aliphatic heterocycles. The minimum absolute atomic E-state index is 0.0640. The molecule has 0 radical (unpaired) electrons. The predicted octanol–water partition coefficient (Wildman–Crippen LogP) is 5.94. The number of carbonyl (C=O) groups is 2. The fraction of sp³-hybridized carbons (Fsp3) is 0.517. The molecule has 4 rings (SSSR count). The van der Waals surface area contributed by atoms with E-state index >= 15 is 0 Å². The Morgan fingerprint density at radius 3 is 2.72 bits per heavy atom. The van der Waals surface area contributed by atoms with Gasteiger partial charge in [-0.1, -0.05) is 30.7 Å². The van der Waals surface area contributed by atoms with E-state index in [1.807, 2.05) is 6.08 Å². The van der Waals surface area contributed by atoms with Crippen LogP contribution in [-0.4, -0.2) is 30.1 Å². The van der Waals surface area contributed by atoms with Crippen molar-refractivity contribution in [2.75, 3.05) is 0 Å². The molecule has 1 aromatic rings. The average Bonchev–Trinajstić information content (AvgIpc) is 3.07. The molecule has 3 aliphatic rings. The Morgan fingerprint density at radius 2 is 2.06 bits per heavy atom. The molecule has 7 heteroatoms. The summed E-state index contributed by atoms with van der Waals surface area (Å²) in [6.45, 7) is 2.15. The Morgan fingerprint density at radius 1 is 1.28 bits per heavy atom. The smallest absolute Gasteiger partial charge is 0.253 e. The number of rotatable bonds is 9. The second kappa shape index (κ2) is 12.4. The number of ether oxygens (including phenoxy) is 1. The molecule has 1 aromatic carbocycles. The third-order valence-electron chi connectivity index (χ3n) is 7.65. The number of nitriles is 1. The van der Waals surface area contributed by atoms with E-state index in [1.165, 1.54) is 0 Å². The Kier molecular flexibility index (Phi) is 8.98. The normalized spacial score (nSPS) is 27.5. The maximum absolute atomic E-state index is 13.0. The number of hydrogen-bond donors (Lipinski definition) is 1. The summed E-state index contributed by atoms with van der Waals surface area (Å²) in [6.07, 6.45) is 15.2. The Bertz CT molecular complexity index is 1090. The fourth-order valence-electron chi connectivity index (χ4n) is 5.31. The number of allylic oxidation sites excluding steroid dienone is 1. The molecule has 1 N–H and O–H groups in total. The lowest BCUT2D eigenvalue weighted by atomic mass is 9.73. The number of nitrogens with zero attached hydrogens (tertiary/aromatic N) is 2. The monoisotopic (exact) mass is 507 g/mol. The maximum atomic E-state index is 13.0. The lowest BCUT2D eigenvalue weighted by Crippen LogP contribution is -2.40. The summed E-state index contributed by atoms with van der Waals surface area (Å²) in [5.74, 6) is 1.70. The highest BCUT2D eigenvalue weighted by Crippen LogP contribution is 2.36. The van der Waals surface area contributed by atoms with Gasteiger partial charge in [0, 0.05) is 35.9 Å². The van der Waals surface area contributed by atoms with Crippen molar-refractivity contribution in [1.29, 1.82) is 5.26 Å². The van der Waals surface area contributed by atoms with Crippen LogP contribution in [0.1, 0.15) is 70.3 Å². The maximum Gasteiger partial charge on any atom is 0.253 e. The average molecular weight is 508 g/mol. The van der Waals surface area contributed by atoms with Gasteiger partial charge in [-0.3, -0.25) is 9.79 Å². The van der Waals surface area contributed by atoms with Crippen molar-refractivity contribution in [2.24, 2.45) is 22.7 Å². The van der Waals surface area contributed by atoms with Crippen LogP contribution in [0.2, 0.25) is 5.02 Å². The van der Waals surface area contributed by atoms with Gasteiger partial charge in [0.05, 0.1) is 22.3 Å². The molecule has 2 aliphatic carbocycles. The van der Waals surface area contributed by atoms with Crippen LogP contribution < -0.4 is 10.1 Å². The van der Waals surface area contributed by atoms with E-state index in [2.05, 4.69) is 24.4 Å². The van der Waals surface area contributed by atoms with E-state index in [9.17, 15) is 9.59 Å². The summed E-state index contributed by atoms with van der Waals surface area (Å²) in [5.41, 5.74) is 2.16. The van der Waals surface area contributed by atoms with E-state index in [-0.39, 0.29) is 29.9 Å². The van der Waals surface area contributed by atoms with Gasteiger partial charge >= 0.3 is 0 Å². The van der Waals surface area contributed by atoms with E-state index in [0.717, 1.165) is 69.8 Å². The first-order valence-electron chi connectivity index (χ1n) is 13.1. The lowest BCUT2D eigenvalue weighted by molar-refractivity contribution is -0.118. The van der Waals surface area contributed by atoms with E-state index in [0.29, 0.717) is 27.8 Å². The van der Waals surface area contributed by atoms with Gasteiger partial charge in [-0.15, -0.1) is 0 Å². The standard InChI is InChI=1S/C29H34ClN3O3/c1-2-21-4-5-23(17-32-28(21)12-3-19-13-20(14-19)18-34)29(35)33-24-7-10-25(11-8-24)36-26-9-6-22(16-31)27(30)15-26/h4-6,9,15,17-21,24-25H,2-3,7-8,10-14H2,1H3,(H,33,35). The first-order chi connectivity index (χ1) is 17.5. The van der Waals surface area contributed by atoms with Gasteiger partial charge in [0.25, 0.3) is 5.91 Å². The molecule has 0 aromatic heterocycles. The number of aldehydes is 1. The summed E-state index contributed by atoms with van der Waals surface area (Å²) in [7, 11) is 0. The van der Waals surface area contributed by atoms with E-state index in [4.69, 9.17) is 26.6 Å². The van der Waals surface area contributed by atoms with Crippen LogP contribution in [0.5, 0.6) is 5.75 Å². The van der Waals surface area contributed by atoms with Gasteiger partial charge in [-0.25, -0.2) is 0 Å². The first-order valence-corrected chi connectivity index (χ1v) is 13.4. The summed E-state index contributed by atoms with van der Waals surface area (Å²) in [5, 5.41) is 12.6. The molecule has 1 atom stereocenters. The number of halogens is 1. The second-order valence-corrected chi connectivity index (χ2v) is 10.6. The molecular weight excluding hydrogens is 474 g/mol. The third kappa shape index (κ3) is 6.64. The zero-order valence-electron chi connectivity index (χ0n) is 20.8. The predicted molar refractivity (Wildman–Crippen MR) is 141 cm³/mol. The minimum atomic E-state index is -0.0813. The quantitative estimate of drug-likeness (QED) is 0.418. The minimum Gasteiger partial charge on any atom is -0.490 e. The molecule has 2 saturated carbocycles. The van der Waals surface area contributed by atoms with Gasteiger partial charge in [-0.05, 0) is 75.8 Å². The van der Waals surface area contributed by atoms with Gasteiger partial charge in [0.1, 0.15) is 18.1 Å².